The number of allylic oxidation sites excluding steroid dienone is 7. The smallest absolute Gasteiger partial charge is 0.236 e. The molecule has 7 aromatic rings. The Morgan fingerprint density at radius 2 is 1.64 bits per heavy atom. The number of nitrogens with zero attached hydrogens (tertiary/aromatic N) is 3. The molecule has 0 radical (unpaired) electrons. The van der Waals surface area contributed by atoms with E-state index in [0.29, 0.717) is 11.8 Å². The Morgan fingerprint density at radius 1 is 0.810 bits per heavy atom. The van der Waals surface area contributed by atoms with Crippen molar-refractivity contribution in [3.63, 3.8) is 0 Å². The number of hydrogen-bond donors (Lipinski definition) is 0. The zero-order chi connectivity index (χ0) is 27.9. The lowest BCUT2D eigenvalue weighted by molar-refractivity contribution is 0.791. The summed E-state index contributed by atoms with van der Waals surface area (Å²) in [5, 5.41) is 6.23. The Labute approximate surface area is 251 Å². The first-order valence-electron chi connectivity index (χ1n) is 14.6. The normalized spacial score (nSPS) is 18.5. The maximum atomic E-state index is 5.49. The van der Waals surface area contributed by atoms with E-state index in [1.165, 1.54) is 52.3 Å². The van der Waals surface area contributed by atoms with Crippen molar-refractivity contribution in [1.82, 2.24) is 14.5 Å². The average Bonchev–Trinajstić information content (AvgIpc) is 3.63. The van der Waals surface area contributed by atoms with Crippen LogP contribution in [0.15, 0.2) is 97.1 Å². The van der Waals surface area contributed by atoms with Crippen LogP contribution < -0.4 is 0 Å². The Bertz CT molecular complexity index is 2370. The monoisotopic (exact) mass is 577 g/mol. The molecule has 0 bridgehead atoms. The van der Waals surface area contributed by atoms with Crippen molar-refractivity contribution in [3.8, 4) is 5.95 Å². The van der Waals surface area contributed by atoms with Crippen molar-refractivity contribution in [2.45, 2.75) is 26.2 Å². The predicted molar refractivity (Wildman–Crippen MR) is 182 cm³/mol. The predicted octanol–water partition coefficient (Wildman–Crippen LogP) is 10.8. The van der Waals surface area contributed by atoms with Gasteiger partial charge in [-0.15, -0.1) is 22.7 Å². The molecule has 9 rings (SSSR count). The van der Waals surface area contributed by atoms with Crippen LogP contribution in [0, 0.1) is 5.92 Å². The van der Waals surface area contributed by atoms with Gasteiger partial charge in [-0.25, -0.2) is 9.97 Å². The fourth-order valence-corrected chi connectivity index (χ4v) is 9.22. The fourth-order valence-electron chi connectivity index (χ4n) is 6.75. The average molecular weight is 578 g/mol. The lowest BCUT2D eigenvalue weighted by Gasteiger charge is -2.14. The van der Waals surface area contributed by atoms with Gasteiger partial charge in [0.2, 0.25) is 5.95 Å². The summed E-state index contributed by atoms with van der Waals surface area (Å²) in [6.45, 7) is 4.56. The fraction of sp³-hybridized carbons (Fsp3) is 0.135. The summed E-state index contributed by atoms with van der Waals surface area (Å²) >= 11 is 3.70. The van der Waals surface area contributed by atoms with Crippen molar-refractivity contribution in [2.75, 3.05) is 0 Å². The molecule has 2 unspecified atom stereocenters. The van der Waals surface area contributed by atoms with Crippen LogP contribution in [0.4, 0.5) is 0 Å². The summed E-state index contributed by atoms with van der Waals surface area (Å²) in [6.07, 6.45) is 16.7. The largest absolute Gasteiger partial charge is 0.276 e. The highest BCUT2D eigenvalue weighted by Crippen LogP contribution is 2.45. The third kappa shape index (κ3) is 3.44. The minimum Gasteiger partial charge on any atom is -0.276 e. The van der Waals surface area contributed by atoms with Crippen LogP contribution in [0.25, 0.3) is 69.8 Å². The summed E-state index contributed by atoms with van der Waals surface area (Å²) < 4.78 is 4.91. The first kappa shape index (κ1) is 24.3. The molecule has 202 valence electrons. The summed E-state index contributed by atoms with van der Waals surface area (Å²) in [6, 6.07) is 22.0. The van der Waals surface area contributed by atoms with E-state index in [9.17, 15) is 0 Å². The van der Waals surface area contributed by atoms with Gasteiger partial charge >= 0.3 is 0 Å². The first-order chi connectivity index (χ1) is 20.7. The molecule has 0 fully saturated rings. The molecule has 0 spiro atoms. The number of thiophene rings is 2. The van der Waals surface area contributed by atoms with E-state index in [1.807, 2.05) is 22.7 Å². The van der Waals surface area contributed by atoms with Crippen LogP contribution in [0.3, 0.4) is 0 Å². The molecule has 2 aliphatic rings. The lowest BCUT2D eigenvalue weighted by Crippen LogP contribution is -2.05. The molecule has 0 saturated carbocycles. The zero-order valence-corrected chi connectivity index (χ0v) is 25.0. The van der Waals surface area contributed by atoms with Crippen LogP contribution in [0.1, 0.15) is 42.3 Å². The minimum atomic E-state index is 0.318. The highest BCUT2D eigenvalue weighted by molar-refractivity contribution is 7.26. The first-order valence-corrected chi connectivity index (χ1v) is 16.2. The minimum absolute atomic E-state index is 0.318. The third-order valence-corrected chi connectivity index (χ3v) is 11.2. The van der Waals surface area contributed by atoms with Gasteiger partial charge in [-0.2, -0.15) is 0 Å². The van der Waals surface area contributed by atoms with Gasteiger partial charge < -0.3 is 0 Å². The van der Waals surface area contributed by atoms with Crippen LogP contribution in [-0.4, -0.2) is 14.5 Å². The van der Waals surface area contributed by atoms with Crippen molar-refractivity contribution in [1.29, 1.82) is 0 Å². The van der Waals surface area contributed by atoms with Crippen molar-refractivity contribution in [2.24, 2.45) is 5.92 Å². The van der Waals surface area contributed by atoms with Crippen LogP contribution in [-0.2, 0) is 0 Å². The molecule has 0 amide bonds. The SMILES string of the molecule is CC1C=CC=CC(c2nc(-n3c4ccccc4c4ccc5c6ccccc6sc5c43)nc3sc4c(c23)C=CCC4C)=C1. The van der Waals surface area contributed by atoms with E-state index in [0.717, 1.165) is 34.0 Å². The number of rotatable bonds is 2. The van der Waals surface area contributed by atoms with E-state index >= 15 is 0 Å². The van der Waals surface area contributed by atoms with Gasteiger partial charge in [0.25, 0.3) is 0 Å². The molecule has 2 aliphatic carbocycles. The van der Waals surface area contributed by atoms with Gasteiger partial charge in [-0.05, 0) is 36.0 Å². The van der Waals surface area contributed by atoms with Crippen LogP contribution in [0.2, 0.25) is 0 Å². The molecular formula is C37H27N3S2. The maximum Gasteiger partial charge on any atom is 0.236 e. The quantitative estimate of drug-likeness (QED) is 0.205. The Hall–Kier alpha value is -4.32. The molecule has 0 N–H and O–H groups in total. The highest BCUT2D eigenvalue weighted by Gasteiger charge is 2.26. The van der Waals surface area contributed by atoms with E-state index in [2.05, 4.69) is 122 Å². The molecule has 0 aliphatic heterocycles. The second kappa shape index (κ2) is 9.09. The van der Waals surface area contributed by atoms with E-state index in [4.69, 9.17) is 9.97 Å². The van der Waals surface area contributed by atoms with Crippen molar-refractivity contribution >= 4 is 86.5 Å². The van der Waals surface area contributed by atoms with Gasteiger partial charge in [0.05, 0.1) is 21.4 Å². The number of benzene rings is 3. The van der Waals surface area contributed by atoms with Gasteiger partial charge in [-0.3, -0.25) is 4.57 Å². The van der Waals surface area contributed by atoms with E-state index in [-0.39, 0.29) is 0 Å². The van der Waals surface area contributed by atoms with Crippen molar-refractivity contribution in [3.05, 3.63) is 113 Å². The molecule has 4 heterocycles. The third-order valence-electron chi connectivity index (χ3n) is 8.72. The van der Waals surface area contributed by atoms with E-state index in [1.54, 1.807) is 0 Å². The number of hydrogen-bond acceptors (Lipinski definition) is 4. The van der Waals surface area contributed by atoms with Crippen molar-refractivity contribution < 1.29 is 0 Å². The summed E-state index contributed by atoms with van der Waals surface area (Å²) in [7, 11) is 0. The maximum absolute atomic E-state index is 5.49. The highest BCUT2D eigenvalue weighted by atomic mass is 32.1. The molecule has 42 heavy (non-hydrogen) atoms. The molecule has 2 atom stereocenters. The topological polar surface area (TPSA) is 30.7 Å². The second-order valence-electron chi connectivity index (χ2n) is 11.5. The second-order valence-corrected chi connectivity index (χ2v) is 13.6. The number of fused-ring (bicyclic) bond motifs is 10. The van der Waals surface area contributed by atoms with Crippen LogP contribution in [0.5, 0.6) is 0 Å². The Kier molecular flexibility index (Phi) is 5.26. The Balaban J connectivity index is 1.44. The molecule has 3 aromatic carbocycles. The molecule has 3 nitrogen and oxygen atoms in total. The molecule has 0 saturated heterocycles. The van der Waals surface area contributed by atoms with Gasteiger partial charge in [0.1, 0.15) is 4.83 Å². The summed E-state index contributed by atoms with van der Waals surface area (Å²) in [4.78, 5) is 13.4. The number of aromatic nitrogens is 3. The van der Waals surface area contributed by atoms with Gasteiger partial charge in [0.15, 0.2) is 0 Å². The van der Waals surface area contributed by atoms with Gasteiger partial charge in [-0.1, -0.05) is 105 Å². The standard InChI is InChI=1S/C37H27N3S2/c1-21-10-3-4-12-23(20-21)32-31-28-15-9-11-22(2)34(28)42-36(31)39-37(38-32)40-29-16-7-5-13-24(29)26-18-19-27-25-14-6-8-17-30(25)41-35(27)33(26)40/h3-10,12-22H,11H2,1-2H3. The van der Waals surface area contributed by atoms with E-state index < -0.39 is 0 Å². The summed E-state index contributed by atoms with van der Waals surface area (Å²) in [5.41, 5.74) is 5.80. The Morgan fingerprint density at radius 3 is 2.57 bits per heavy atom. The van der Waals surface area contributed by atoms with Crippen LogP contribution >= 0.6 is 22.7 Å². The zero-order valence-electron chi connectivity index (χ0n) is 23.3. The molecular weight excluding hydrogens is 551 g/mol. The summed E-state index contributed by atoms with van der Waals surface area (Å²) in [5.74, 6) is 1.54. The lowest BCUT2D eigenvalue weighted by atomic mass is 9.93. The number of para-hydroxylation sites is 1. The molecule has 4 aromatic heterocycles. The van der Waals surface area contributed by atoms with Gasteiger partial charge in [0, 0.05) is 42.1 Å². The molecule has 5 heteroatoms.